The molecule has 3 rings (SSSR count). The molecule has 1 N–H and O–H groups in total. The number of aromatic amines is 1. The minimum Gasteiger partial charge on any atom is -0.492 e. The van der Waals surface area contributed by atoms with Crippen LogP contribution in [0, 0.1) is 0 Å². The lowest BCUT2D eigenvalue weighted by molar-refractivity contribution is 0.360. The third-order valence-corrected chi connectivity index (χ3v) is 3.46. The largest absolute Gasteiger partial charge is 0.492 e. The Bertz CT molecular complexity index is 653. The Morgan fingerprint density at radius 3 is 3.19 bits per heavy atom. The normalized spacial score (nSPS) is 13.9. The van der Waals surface area contributed by atoms with Crippen molar-refractivity contribution in [1.29, 1.82) is 0 Å². The lowest BCUT2D eigenvalue weighted by Gasteiger charge is -2.05. The van der Waals surface area contributed by atoms with Crippen molar-refractivity contribution in [3.63, 3.8) is 0 Å². The summed E-state index contributed by atoms with van der Waals surface area (Å²) in [4.78, 5) is 18.3. The summed E-state index contributed by atoms with van der Waals surface area (Å²) in [5.74, 6) is 0.620. The molecule has 0 amide bonds. The van der Waals surface area contributed by atoms with Gasteiger partial charge in [-0.3, -0.25) is 9.78 Å². The molecule has 1 aliphatic rings. The fourth-order valence-electron chi connectivity index (χ4n) is 1.90. The van der Waals surface area contributed by atoms with Crippen molar-refractivity contribution < 1.29 is 4.74 Å². The van der Waals surface area contributed by atoms with Gasteiger partial charge in [-0.25, -0.2) is 4.98 Å². The van der Waals surface area contributed by atoms with E-state index < -0.39 is 0 Å². The number of benzene rings is 1. The summed E-state index contributed by atoms with van der Waals surface area (Å²) in [5, 5.41) is 0.558. The van der Waals surface area contributed by atoms with E-state index in [4.69, 9.17) is 16.3 Å². The van der Waals surface area contributed by atoms with Crippen molar-refractivity contribution in [2.24, 2.45) is 0 Å². The average molecular weight is 302 g/mol. The molecule has 0 atom stereocenters. The topological polar surface area (TPSA) is 55.0 Å². The number of aromatic nitrogens is 2. The van der Waals surface area contributed by atoms with Gasteiger partial charge in [0.05, 0.1) is 12.1 Å². The molecule has 82 valence electrons. The van der Waals surface area contributed by atoms with Gasteiger partial charge >= 0.3 is 0 Å². The van der Waals surface area contributed by atoms with Crippen LogP contribution in [0.1, 0.15) is 5.56 Å². The SMILES string of the molecule is O=c1[nH]c(Cl)nc2cc(Br)c3c(c12)OCC3. The molecule has 0 fully saturated rings. The maximum Gasteiger partial charge on any atom is 0.263 e. The Balaban J connectivity index is 2.53. The molecule has 0 saturated heterocycles. The van der Waals surface area contributed by atoms with Crippen molar-refractivity contribution in [1.82, 2.24) is 9.97 Å². The van der Waals surface area contributed by atoms with E-state index in [-0.39, 0.29) is 10.8 Å². The molecule has 6 heteroatoms. The van der Waals surface area contributed by atoms with Crippen molar-refractivity contribution in [2.75, 3.05) is 6.61 Å². The molecule has 0 aliphatic carbocycles. The molecule has 4 nitrogen and oxygen atoms in total. The molecule has 0 bridgehead atoms. The first kappa shape index (κ1) is 10.1. The van der Waals surface area contributed by atoms with Gasteiger partial charge < -0.3 is 4.74 Å². The monoisotopic (exact) mass is 300 g/mol. The van der Waals surface area contributed by atoms with Crippen molar-refractivity contribution in [3.8, 4) is 5.75 Å². The maximum atomic E-state index is 11.8. The minimum atomic E-state index is -0.263. The van der Waals surface area contributed by atoms with Crippen LogP contribution < -0.4 is 10.3 Å². The van der Waals surface area contributed by atoms with Gasteiger partial charge in [-0.2, -0.15) is 0 Å². The Morgan fingerprint density at radius 1 is 1.56 bits per heavy atom. The zero-order valence-electron chi connectivity index (χ0n) is 8.01. The second-order valence-corrected chi connectivity index (χ2v) is 4.73. The van der Waals surface area contributed by atoms with E-state index >= 15 is 0 Å². The Morgan fingerprint density at radius 2 is 2.38 bits per heavy atom. The number of halogens is 2. The summed E-state index contributed by atoms with van der Waals surface area (Å²) < 4.78 is 6.38. The number of ether oxygens (including phenoxy) is 1. The van der Waals surface area contributed by atoms with Crippen LogP contribution in [0.5, 0.6) is 5.75 Å². The summed E-state index contributed by atoms with van der Waals surface area (Å²) >= 11 is 9.15. The van der Waals surface area contributed by atoms with Crippen molar-refractivity contribution >= 4 is 38.4 Å². The number of fused-ring (bicyclic) bond motifs is 3. The standard InChI is InChI=1S/C10H6BrClN2O2/c11-5-3-6-7(8-4(5)1-2-16-8)9(15)14-10(12)13-6/h3H,1-2H2,(H,13,14,15). The predicted molar refractivity (Wildman–Crippen MR) is 64.3 cm³/mol. The van der Waals surface area contributed by atoms with Gasteiger partial charge in [0.2, 0.25) is 5.28 Å². The van der Waals surface area contributed by atoms with Crippen LogP contribution in [0.4, 0.5) is 0 Å². The number of nitrogens with zero attached hydrogens (tertiary/aromatic N) is 1. The van der Waals surface area contributed by atoms with Crippen LogP contribution in [0.25, 0.3) is 10.9 Å². The predicted octanol–water partition coefficient (Wildman–Crippen LogP) is 2.27. The van der Waals surface area contributed by atoms with E-state index in [1.807, 2.05) is 0 Å². The average Bonchev–Trinajstić information content (AvgIpc) is 2.65. The first-order valence-corrected chi connectivity index (χ1v) is 5.87. The fraction of sp³-hybridized carbons (Fsp3) is 0.200. The van der Waals surface area contributed by atoms with E-state index in [2.05, 4.69) is 25.9 Å². The summed E-state index contributed by atoms with van der Waals surface area (Å²) in [6.45, 7) is 0.592. The summed E-state index contributed by atoms with van der Waals surface area (Å²) in [5.41, 5.74) is 1.30. The number of hydrogen-bond donors (Lipinski definition) is 1. The van der Waals surface area contributed by atoms with Crippen LogP contribution in [0.2, 0.25) is 5.28 Å². The third kappa shape index (κ3) is 1.35. The van der Waals surface area contributed by atoms with E-state index in [1.165, 1.54) is 0 Å². The third-order valence-electron chi connectivity index (χ3n) is 2.57. The molecule has 0 spiro atoms. The molecule has 0 unspecified atom stereocenters. The Hall–Kier alpha value is -1.07. The highest BCUT2D eigenvalue weighted by Crippen LogP contribution is 2.37. The van der Waals surface area contributed by atoms with Crippen molar-refractivity contribution in [2.45, 2.75) is 6.42 Å². The molecule has 1 aromatic carbocycles. The van der Waals surface area contributed by atoms with Gasteiger partial charge in [-0.05, 0) is 17.7 Å². The zero-order valence-corrected chi connectivity index (χ0v) is 10.4. The second kappa shape index (κ2) is 3.46. The lowest BCUT2D eigenvalue weighted by Crippen LogP contribution is -2.09. The molecular weight excluding hydrogens is 295 g/mol. The Kier molecular flexibility index (Phi) is 2.19. The van der Waals surface area contributed by atoms with E-state index in [0.29, 0.717) is 23.3 Å². The fourth-order valence-corrected chi connectivity index (χ4v) is 2.67. The van der Waals surface area contributed by atoms with Crippen LogP contribution in [0.15, 0.2) is 15.3 Å². The van der Waals surface area contributed by atoms with E-state index in [1.54, 1.807) is 6.07 Å². The van der Waals surface area contributed by atoms with Crippen LogP contribution in [0.3, 0.4) is 0 Å². The molecular formula is C10H6BrClN2O2. The molecule has 16 heavy (non-hydrogen) atoms. The van der Waals surface area contributed by atoms with Crippen molar-refractivity contribution in [3.05, 3.63) is 31.7 Å². The highest BCUT2D eigenvalue weighted by molar-refractivity contribution is 9.10. The number of H-pyrrole nitrogens is 1. The molecule has 0 saturated carbocycles. The van der Waals surface area contributed by atoms with Gasteiger partial charge in [-0.1, -0.05) is 15.9 Å². The number of nitrogens with one attached hydrogen (secondary N) is 1. The van der Waals surface area contributed by atoms with Gasteiger partial charge in [0.1, 0.15) is 11.1 Å². The summed E-state index contributed by atoms with van der Waals surface area (Å²) in [7, 11) is 0. The first-order chi connectivity index (χ1) is 7.66. The minimum absolute atomic E-state index is 0.0855. The number of hydrogen-bond acceptors (Lipinski definition) is 3. The van der Waals surface area contributed by atoms with E-state index in [0.717, 1.165) is 16.5 Å². The molecule has 2 heterocycles. The molecule has 2 aromatic rings. The second-order valence-electron chi connectivity index (χ2n) is 3.52. The van der Waals surface area contributed by atoms with Gasteiger partial charge in [0.15, 0.2) is 0 Å². The summed E-state index contributed by atoms with van der Waals surface area (Å²) in [6.07, 6.45) is 0.800. The van der Waals surface area contributed by atoms with Crippen LogP contribution in [-0.4, -0.2) is 16.6 Å². The molecule has 1 aliphatic heterocycles. The highest BCUT2D eigenvalue weighted by atomic mass is 79.9. The van der Waals surface area contributed by atoms with E-state index in [9.17, 15) is 4.79 Å². The van der Waals surface area contributed by atoms with Crippen LogP contribution >= 0.6 is 27.5 Å². The lowest BCUT2D eigenvalue weighted by atomic mass is 10.1. The molecule has 1 aromatic heterocycles. The smallest absolute Gasteiger partial charge is 0.263 e. The Labute approximate surface area is 104 Å². The van der Waals surface area contributed by atoms with Gasteiger partial charge in [0, 0.05) is 16.5 Å². The summed E-state index contributed by atoms with van der Waals surface area (Å²) in [6, 6.07) is 1.80. The molecule has 0 radical (unpaired) electrons. The van der Waals surface area contributed by atoms with Gasteiger partial charge in [0.25, 0.3) is 5.56 Å². The van der Waals surface area contributed by atoms with Gasteiger partial charge in [-0.15, -0.1) is 0 Å². The highest BCUT2D eigenvalue weighted by Gasteiger charge is 2.21. The maximum absolute atomic E-state index is 11.8. The number of rotatable bonds is 0. The zero-order chi connectivity index (χ0) is 11.3. The van der Waals surface area contributed by atoms with Crippen LogP contribution in [-0.2, 0) is 6.42 Å². The quantitative estimate of drug-likeness (QED) is 0.760. The first-order valence-electron chi connectivity index (χ1n) is 4.70.